The van der Waals surface area contributed by atoms with Crippen LogP contribution < -0.4 is 11.1 Å². The molecule has 4 atom stereocenters. The highest BCUT2D eigenvalue weighted by Crippen LogP contribution is 2.33. The lowest BCUT2D eigenvalue weighted by molar-refractivity contribution is 0.0158. The molecule has 0 spiro atoms. The van der Waals surface area contributed by atoms with Gasteiger partial charge in [0.1, 0.15) is 24.1 Å². The van der Waals surface area contributed by atoms with E-state index >= 15 is 0 Å². The number of nitrogen functional groups attached to an aromatic ring is 1. The van der Waals surface area contributed by atoms with Gasteiger partial charge in [-0.15, -0.1) is 0 Å². The first-order chi connectivity index (χ1) is 18.7. The number of halogens is 1. The van der Waals surface area contributed by atoms with E-state index < -0.39 is 18.2 Å². The molecule has 2 heterocycles. The van der Waals surface area contributed by atoms with Crippen LogP contribution in [0.4, 0.5) is 11.6 Å². The smallest absolute Gasteiger partial charge is 0.198 e. The average Bonchev–Trinajstić information content (AvgIpc) is 3.20. The highest BCUT2D eigenvalue weighted by Gasteiger charge is 2.41. The minimum absolute atomic E-state index is 0.124. The van der Waals surface area contributed by atoms with Gasteiger partial charge < -0.3 is 21.3 Å². The van der Waals surface area contributed by atoms with Gasteiger partial charge in [0, 0.05) is 17.1 Å². The Bertz CT molecular complexity index is 1490. The molecule has 0 aliphatic heterocycles. The van der Waals surface area contributed by atoms with Crippen LogP contribution in [0.3, 0.4) is 0 Å². The molecule has 1 aliphatic rings. The van der Waals surface area contributed by atoms with Crippen LogP contribution in [-0.4, -0.2) is 49.2 Å². The lowest BCUT2D eigenvalue weighted by Crippen LogP contribution is -2.35. The number of nitrogens with one attached hydrogen (secondary N) is 1. The summed E-state index contributed by atoms with van der Waals surface area (Å²) in [4.78, 5) is 26.1. The Balaban J connectivity index is 1.27. The number of aliphatic hydroxyl groups is 2. The Morgan fingerprint density at radius 3 is 2.64 bits per heavy atom. The van der Waals surface area contributed by atoms with Crippen LogP contribution in [0.25, 0.3) is 10.9 Å². The maximum Gasteiger partial charge on any atom is 0.198 e. The van der Waals surface area contributed by atoms with Gasteiger partial charge in [-0.05, 0) is 70.3 Å². The van der Waals surface area contributed by atoms with Crippen molar-refractivity contribution in [2.24, 2.45) is 5.92 Å². The number of fused-ring (bicyclic) bond motifs is 1. The van der Waals surface area contributed by atoms with E-state index in [9.17, 15) is 15.0 Å². The SMILES string of the molecule is CC(C)c1ccc(C(=O)c2cncnc2N[C@@H]2C[C@H](CCc3ccc4cc(Br)c(N)nc4c3)[C@@H](O)[C@H]2O)cc1. The Labute approximate surface area is 235 Å². The Hall–Kier alpha value is -3.40. The normalized spacial score (nSPS) is 21.0. The molecule has 4 aromatic rings. The second kappa shape index (κ2) is 11.4. The average molecular weight is 591 g/mol. The predicted octanol–water partition coefficient (Wildman–Crippen LogP) is 4.88. The summed E-state index contributed by atoms with van der Waals surface area (Å²) in [6.07, 6.45) is 2.92. The number of nitrogens with two attached hydrogens (primary N) is 1. The molecule has 9 heteroatoms. The Morgan fingerprint density at radius 1 is 1.13 bits per heavy atom. The van der Waals surface area contributed by atoms with Crippen molar-refractivity contribution in [2.75, 3.05) is 11.1 Å². The van der Waals surface area contributed by atoms with Gasteiger partial charge in [0.25, 0.3) is 0 Å². The van der Waals surface area contributed by atoms with E-state index in [1.54, 1.807) is 0 Å². The van der Waals surface area contributed by atoms with Gasteiger partial charge in [0.15, 0.2) is 5.78 Å². The molecular weight excluding hydrogens is 558 g/mol. The van der Waals surface area contributed by atoms with Gasteiger partial charge in [0.2, 0.25) is 0 Å². The van der Waals surface area contributed by atoms with Crippen molar-refractivity contribution in [2.45, 2.75) is 57.3 Å². The maximum absolute atomic E-state index is 13.3. The van der Waals surface area contributed by atoms with Crippen LogP contribution in [0.2, 0.25) is 0 Å². The van der Waals surface area contributed by atoms with Gasteiger partial charge in [-0.3, -0.25) is 4.79 Å². The number of ketones is 1. The van der Waals surface area contributed by atoms with E-state index in [2.05, 4.69) is 50.0 Å². The first kappa shape index (κ1) is 27.2. The van der Waals surface area contributed by atoms with E-state index in [1.807, 2.05) is 48.5 Å². The first-order valence-electron chi connectivity index (χ1n) is 13.1. The highest BCUT2D eigenvalue weighted by molar-refractivity contribution is 9.10. The third kappa shape index (κ3) is 5.80. The van der Waals surface area contributed by atoms with Crippen molar-refractivity contribution in [1.29, 1.82) is 0 Å². The molecule has 0 radical (unpaired) electrons. The summed E-state index contributed by atoms with van der Waals surface area (Å²) >= 11 is 3.41. The maximum atomic E-state index is 13.3. The monoisotopic (exact) mass is 589 g/mol. The summed E-state index contributed by atoms with van der Waals surface area (Å²) < 4.78 is 0.766. The summed E-state index contributed by atoms with van der Waals surface area (Å²) in [6, 6.07) is 15.1. The Kier molecular flexibility index (Phi) is 7.93. The van der Waals surface area contributed by atoms with Gasteiger partial charge in [-0.1, -0.05) is 50.2 Å². The van der Waals surface area contributed by atoms with Crippen molar-refractivity contribution in [3.8, 4) is 0 Å². The molecule has 2 aromatic carbocycles. The fraction of sp³-hybridized carbons (Fsp3) is 0.333. The quantitative estimate of drug-likeness (QED) is 0.214. The molecule has 8 nitrogen and oxygen atoms in total. The molecule has 1 aliphatic carbocycles. The number of hydrogen-bond donors (Lipinski definition) is 4. The van der Waals surface area contributed by atoms with Crippen LogP contribution in [0.1, 0.15) is 59.7 Å². The van der Waals surface area contributed by atoms with Gasteiger partial charge in [0.05, 0.1) is 27.7 Å². The second-order valence-corrected chi connectivity index (χ2v) is 11.4. The molecule has 2 aromatic heterocycles. The van der Waals surface area contributed by atoms with Crippen molar-refractivity contribution >= 4 is 44.3 Å². The molecule has 5 N–H and O–H groups in total. The number of pyridine rings is 1. The first-order valence-corrected chi connectivity index (χ1v) is 13.9. The van der Waals surface area contributed by atoms with Crippen LogP contribution in [0.5, 0.6) is 0 Å². The number of rotatable bonds is 8. The molecule has 1 saturated carbocycles. The van der Waals surface area contributed by atoms with Crippen LogP contribution >= 0.6 is 15.9 Å². The number of benzene rings is 2. The molecular formula is C30H32BrN5O3. The zero-order valence-electron chi connectivity index (χ0n) is 21.9. The number of carbonyl (C=O) groups is 1. The Morgan fingerprint density at radius 2 is 1.90 bits per heavy atom. The standard InChI is InChI=1S/C30H32BrN5O3/c1-16(2)18-7-9-19(10-8-18)26(37)22-14-33-15-34-30(22)36-25-13-21(27(38)28(25)39)6-4-17-3-5-20-12-23(31)29(32)35-24(20)11-17/h3,5,7-12,14-16,21,25,27-28,38-39H,4,6,13H2,1-2H3,(H2,32,35)(H,33,34,36)/t21-,25+,27+,28-/m0/s1. The molecule has 202 valence electrons. The van der Waals surface area contributed by atoms with Gasteiger partial charge in [-0.2, -0.15) is 0 Å². The van der Waals surface area contributed by atoms with Crippen molar-refractivity contribution in [3.63, 3.8) is 0 Å². The van der Waals surface area contributed by atoms with Gasteiger partial charge >= 0.3 is 0 Å². The molecule has 0 bridgehead atoms. The fourth-order valence-corrected chi connectivity index (χ4v) is 5.56. The lowest BCUT2D eigenvalue weighted by Gasteiger charge is -2.20. The summed E-state index contributed by atoms with van der Waals surface area (Å²) in [5, 5.41) is 25.9. The molecule has 0 unspecified atom stereocenters. The molecule has 0 amide bonds. The lowest BCUT2D eigenvalue weighted by atomic mass is 9.95. The number of carbonyl (C=O) groups excluding carboxylic acids is 1. The fourth-order valence-electron chi connectivity index (χ4n) is 5.23. The molecule has 0 saturated heterocycles. The largest absolute Gasteiger partial charge is 0.390 e. The van der Waals surface area contributed by atoms with Crippen molar-refractivity contribution < 1.29 is 15.0 Å². The van der Waals surface area contributed by atoms with Crippen LogP contribution in [-0.2, 0) is 6.42 Å². The molecule has 39 heavy (non-hydrogen) atoms. The zero-order valence-corrected chi connectivity index (χ0v) is 23.5. The number of hydrogen-bond acceptors (Lipinski definition) is 8. The summed E-state index contributed by atoms with van der Waals surface area (Å²) in [5.74, 6) is 0.840. The summed E-state index contributed by atoms with van der Waals surface area (Å²) in [5.41, 5.74) is 9.87. The number of aliphatic hydroxyl groups excluding tert-OH is 2. The molecule has 5 rings (SSSR count). The van der Waals surface area contributed by atoms with E-state index in [-0.39, 0.29) is 11.7 Å². The number of aryl methyl sites for hydroxylation is 1. The van der Waals surface area contributed by atoms with Gasteiger partial charge in [-0.25, -0.2) is 15.0 Å². The van der Waals surface area contributed by atoms with Crippen molar-refractivity contribution in [3.05, 3.63) is 87.8 Å². The van der Waals surface area contributed by atoms with Crippen LogP contribution in [0, 0.1) is 5.92 Å². The summed E-state index contributed by atoms with van der Waals surface area (Å²) in [6.45, 7) is 4.21. The predicted molar refractivity (Wildman–Crippen MR) is 156 cm³/mol. The third-order valence-corrected chi connectivity index (χ3v) is 8.22. The van der Waals surface area contributed by atoms with E-state index in [0.29, 0.717) is 41.5 Å². The van der Waals surface area contributed by atoms with E-state index in [0.717, 1.165) is 32.9 Å². The topological polar surface area (TPSA) is 134 Å². The number of aromatic nitrogens is 3. The molecule has 1 fully saturated rings. The minimum Gasteiger partial charge on any atom is -0.390 e. The van der Waals surface area contributed by atoms with E-state index in [1.165, 1.54) is 12.5 Å². The minimum atomic E-state index is -0.992. The second-order valence-electron chi connectivity index (χ2n) is 10.5. The van der Waals surface area contributed by atoms with Crippen molar-refractivity contribution in [1.82, 2.24) is 15.0 Å². The third-order valence-electron chi connectivity index (χ3n) is 7.59. The zero-order chi connectivity index (χ0) is 27.7. The van der Waals surface area contributed by atoms with E-state index in [4.69, 9.17) is 5.73 Å². The summed E-state index contributed by atoms with van der Waals surface area (Å²) in [7, 11) is 0. The highest BCUT2D eigenvalue weighted by atomic mass is 79.9. The number of anilines is 2. The van der Waals surface area contributed by atoms with Crippen LogP contribution in [0.15, 0.2) is 65.5 Å². The number of nitrogens with zero attached hydrogens (tertiary/aromatic N) is 3.